The van der Waals surface area contributed by atoms with E-state index in [1.165, 1.54) is 16.6 Å². The molecule has 0 saturated carbocycles. The molecule has 0 aliphatic carbocycles. The highest BCUT2D eigenvalue weighted by Gasteiger charge is 2.19. The minimum atomic E-state index is -0.264. The van der Waals surface area contributed by atoms with Gasteiger partial charge >= 0.3 is 0 Å². The van der Waals surface area contributed by atoms with Crippen LogP contribution in [0.4, 0.5) is 11.8 Å². The van der Waals surface area contributed by atoms with Crippen LogP contribution in [0.1, 0.15) is 18.5 Å². The molecule has 1 fully saturated rings. The summed E-state index contributed by atoms with van der Waals surface area (Å²) in [6.07, 6.45) is 3.38. The van der Waals surface area contributed by atoms with Crippen molar-refractivity contribution >= 4 is 22.7 Å². The van der Waals surface area contributed by atoms with Crippen molar-refractivity contribution in [2.45, 2.75) is 32.4 Å². The number of hydrogen-bond donors (Lipinski definition) is 2. The largest absolute Gasteiger partial charge is 0.391 e. The lowest BCUT2D eigenvalue weighted by Gasteiger charge is -2.31. The number of piperidine rings is 1. The van der Waals surface area contributed by atoms with Crippen molar-refractivity contribution in [2.24, 2.45) is 0 Å². The number of rotatable bonds is 5. The van der Waals surface area contributed by atoms with Gasteiger partial charge in [0.2, 0.25) is 5.95 Å². The van der Waals surface area contributed by atoms with Crippen LogP contribution in [0.3, 0.4) is 0 Å². The van der Waals surface area contributed by atoms with E-state index in [-0.39, 0.29) is 6.10 Å². The number of aliphatic hydroxyl groups is 1. The summed E-state index contributed by atoms with van der Waals surface area (Å²) < 4.78 is 2.31. The predicted octanol–water partition coefficient (Wildman–Crippen LogP) is 2.81. The lowest BCUT2D eigenvalue weighted by Crippen LogP contribution is -2.38. The van der Waals surface area contributed by atoms with Gasteiger partial charge in [-0.2, -0.15) is 4.98 Å². The second-order valence-electron chi connectivity index (χ2n) is 6.90. The molecule has 0 amide bonds. The Morgan fingerprint density at radius 2 is 2.15 bits per heavy atom. The summed E-state index contributed by atoms with van der Waals surface area (Å²) in [6, 6.07) is 12.6. The molecule has 0 spiro atoms. The first-order valence-corrected chi connectivity index (χ1v) is 9.25. The van der Waals surface area contributed by atoms with Gasteiger partial charge in [0.05, 0.1) is 6.10 Å². The lowest BCUT2D eigenvalue weighted by atomic mass is 10.1. The zero-order valence-corrected chi connectivity index (χ0v) is 15.1. The van der Waals surface area contributed by atoms with Crippen LogP contribution in [0.5, 0.6) is 0 Å². The van der Waals surface area contributed by atoms with Crippen LogP contribution >= 0.6 is 0 Å². The molecule has 2 aromatic heterocycles. The van der Waals surface area contributed by atoms with E-state index in [1.807, 2.05) is 6.07 Å². The minimum Gasteiger partial charge on any atom is -0.391 e. The van der Waals surface area contributed by atoms with E-state index in [1.54, 1.807) is 6.20 Å². The van der Waals surface area contributed by atoms with Crippen LogP contribution in [0.2, 0.25) is 0 Å². The van der Waals surface area contributed by atoms with Crippen molar-refractivity contribution in [3.8, 4) is 0 Å². The SMILES string of the molecule is Cc1cc2ccccc2n1CCNc1nccc(N2CCCC(O)C2)n1. The number of aliphatic hydroxyl groups excluding tert-OH is 1. The minimum absolute atomic E-state index is 0.264. The van der Waals surface area contributed by atoms with Crippen molar-refractivity contribution in [1.29, 1.82) is 0 Å². The number of benzene rings is 1. The molecule has 6 heteroatoms. The molecule has 1 aliphatic rings. The lowest BCUT2D eigenvalue weighted by molar-refractivity contribution is 0.154. The van der Waals surface area contributed by atoms with Gasteiger partial charge in [-0.15, -0.1) is 0 Å². The van der Waals surface area contributed by atoms with Gasteiger partial charge in [-0.25, -0.2) is 4.98 Å². The standard InChI is InChI=1S/C20H25N5O/c1-15-13-16-5-2-3-7-18(16)25(15)12-10-22-20-21-9-8-19(23-20)24-11-4-6-17(26)14-24/h2-3,5,7-9,13,17,26H,4,6,10-12,14H2,1H3,(H,21,22,23). The number of nitrogens with one attached hydrogen (secondary N) is 1. The fourth-order valence-corrected chi connectivity index (χ4v) is 3.70. The second kappa shape index (κ2) is 7.33. The average molecular weight is 351 g/mol. The highest BCUT2D eigenvalue weighted by Crippen LogP contribution is 2.20. The highest BCUT2D eigenvalue weighted by molar-refractivity contribution is 5.81. The maximum Gasteiger partial charge on any atom is 0.224 e. The molecule has 2 N–H and O–H groups in total. The van der Waals surface area contributed by atoms with Crippen LogP contribution in [-0.2, 0) is 6.54 Å². The van der Waals surface area contributed by atoms with Gasteiger partial charge in [-0.1, -0.05) is 18.2 Å². The van der Waals surface area contributed by atoms with Gasteiger partial charge in [0.15, 0.2) is 0 Å². The molecule has 0 bridgehead atoms. The summed E-state index contributed by atoms with van der Waals surface area (Å²) in [7, 11) is 0. The fraction of sp³-hybridized carbons (Fsp3) is 0.400. The Bertz CT molecular complexity index is 891. The first-order valence-electron chi connectivity index (χ1n) is 9.25. The van der Waals surface area contributed by atoms with E-state index in [0.717, 1.165) is 38.3 Å². The molecule has 3 aromatic rings. The molecule has 0 radical (unpaired) electrons. The third-order valence-electron chi connectivity index (χ3n) is 5.00. The van der Waals surface area contributed by atoms with Crippen molar-refractivity contribution < 1.29 is 5.11 Å². The van der Waals surface area contributed by atoms with Gasteiger partial charge in [0.1, 0.15) is 5.82 Å². The Morgan fingerprint density at radius 1 is 1.27 bits per heavy atom. The molecule has 1 aliphatic heterocycles. The first kappa shape index (κ1) is 16.8. The van der Waals surface area contributed by atoms with Crippen molar-refractivity contribution in [2.75, 3.05) is 29.9 Å². The number of hydrogen-bond acceptors (Lipinski definition) is 5. The number of nitrogens with zero attached hydrogens (tertiary/aromatic N) is 4. The number of aryl methyl sites for hydroxylation is 1. The van der Waals surface area contributed by atoms with Crippen LogP contribution in [0.15, 0.2) is 42.6 Å². The normalized spacial score (nSPS) is 17.6. The van der Waals surface area contributed by atoms with Crippen molar-refractivity contribution in [3.63, 3.8) is 0 Å². The molecule has 3 heterocycles. The Kier molecular flexibility index (Phi) is 4.75. The molecule has 1 unspecified atom stereocenters. The summed E-state index contributed by atoms with van der Waals surface area (Å²) in [6.45, 7) is 5.33. The topological polar surface area (TPSA) is 66.2 Å². The predicted molar refractivity (Wildman–Crippen MR) is 105 cm³/mol. The van der Waals surface area contributed by atoms with E-state index in [2.05, 4.69) is 62.0 Å². The molecular formula is C20H25N5O. The third-order valence-corrected chi connectivity index (χ3v) is 5.00. The van der Waals surface area contributed by atoms with E-state index in [0.29, 0.717) is 12.5 Å². The third kappa shape index (κ3) is 3.51. The smallest absolute Gasteiger partial charge is 0.224 e. The fourth-order valence-electron chi connectivity index (χ4n) is 3.70. The Morgan fingerprint density at radius 3 is 3.04 bits per heavy atom. The van der Waals surface area contributed by atoms with E-state index >= 15 is 0 Å². The van der Waals surface area contributed by atoms with E-state index in [9.17, 15) is 5.11 Å². The summed E-state index contributed by atoms with van der Waals surface area (Å²) in [5.74, 6) is 1.51. The van der Waals surface area contributed by atoms with Crippen LogP contribution in [-0.4, -0.2) is 45.4 Å². The van der Waals surface area contributed by atoms with E-state index in [4.69, 9.17) is 0 Å². The monoisotopic (exact) mass is 351 g/mol. The number of fused-ring (bicyclic) bond motifs is 1. The van der Waals surface area contributed by atoms with Crippen molar-refractivity contribution in [3.05, 3.63) is 48.3 Å². The molecular weight excluding hydrogens is 326 g/mol. The molecule has 1 saturated heterocycles. The Balaban J connectivity index is 1.42. The maximum atomic E-state index is 9.87. The highest BCUT2D eigenvalue weighted by atomic mass is 16.3. The first-order chi connectivity index (χ1) is 12.7. The number of aromatic nitrogens is 3. The van der Waals surface area contributed by atoms with Gasteiger partial charge in [-0.05, 0) is 43.4 Å². The van der Waals surface area contributed by atoms with Crippen LogP contribution < -0.4 is 10.2 Å². The molecule has 26 heavy (non-hydrogen) atoms. The second-order valence-corrected chi connectivity index (χ2v) is 6.90. The Labute approximate surface area is 153 Å². The Hall–Kier alpha value is -2.60. The summed E-state index contributed by atoms with van der Waals surface area (Å²) in [5.41, 5.74) is 2.51. The van der Waals surface area contributed by atoms with Crippen LogP contribution in [0.25, 0.3) is 10.9 Å². The molecule has 4 rings (SSSR count). The molecule has 6 nitrogen and oxygen atoms in total. The van der Waals surface area contributed by atoms with Gasteiger partial charge in [0.25, 0.3) is 0 Å². The van der Waals surface area contributed by atoms with Crippen LogP contribution in [0, 0.1) is 6.92 Å². The van der Waals surface area contributed by atoms with Crippen molar-refractivity contribution in [1.82, 2.24) is 14.5 Å². The summed E-state index contributed by atoms with van der Waals surface area (Å²) in [5, 5.41) is 14.5. The zero-order chi connectivity index (χ0) is 17.9. The maximum absolute atomic E-state index is 9.87. The number of para-hydroxylation sites is 1. The van der Waals surface area contributed by atoms with Gasteiger partial charge in [-0.3, -0.25) is 0 Å². The summed E-state index contributed by atoms with van der Waals surface area (Å²) in [4.78, 5) is 11.1. The zero-order valence-electron chi connectivity index (χ0n) is 15.1. The molecule has 1 atom stereocenters. The summed E-state index contributed by atoms with van der Waals surface area (Å²) >= 11 is 0. The van der Waals surface area contributed by atoms with Gasteiger partial charge in [0, 0.05) is 43.6 Å². The number of β-amino-alcohol motifs (C(OH)–C–C–N with tert-alkyl or cyclic N) is 1. The molecule has 136 valence electrons. The quantitative estimate of drug-likeness (QED) is 0.740. The average Bonchev–Trinajstić information content (AvgIpc) is 2.98. The molecule has 1 aromatic carbocycles. The van der Waals surface area contributed by atoms with E-state index < -0.39 is 0 Å². The number of anilines is 2. The van der Waals surface area contributed by atoms with Gasteiger partial charge < -0.3 is 19.9 Å².